The highest BCUT2D eigenvalue weighted by atomic mass is 79.9. The maximum atomic E-state index is 5.76. The number of rotatable bonds is 2. The van der Waals surface area contributed by atoms with Gasteiger partial charge in [0.1, 0.15) is 0 Å². The van der Waals surface area contributed by atoms with E-state index in [1.54, 1.807) is 0 Å². The number of nitrogens with one attached hydrogen (secondary N) is 1. The molecule has 0 spiro atoms. The van der Waals surface area contributed by atoms with Gasteiger partial charge in [-0.3, -0.25) is 0 Å². The Morgan fingerprint density at radius 3 is 2.53 bits per heavy atom. The van der Waals surface area contributed by atoms with Crippen LogP contribution in [0, 0.1) is 6.92 Å². The topological polar surface area (TPSA) is 21.3 Å². The van der Waals surface area contributed by atoms with Crippen molar-refractivity contribution in [1.82, 2.24) is 0 Å². The van der Waals surface area contributed by atoms with Crippen molar-refractivity contribution < 1.29 is 4.74 Å². The minimum Gasteiger partial charge on any atom is -0.382 e. The summed E-state index contributed by atoms with van der Waals surface area (Å²) in [6.45, 7) is 6.44. The van der Waals surface area contributed by atoms with Crippen LogP contribution in [0.5, 0.6) is 0 Å². The minimum absolute atomic E-state index is 0.351. The lowest BCUT2D eigenvalue weighted by molar-refractivity contribution is -0.0337. The van der Waals surface area contributed by atoms with Gasteiger partial charge in [0.15, 0.2) is 0 Å². The lowest BCUT2D eigenvalue weighted by atomic mass is 9.99. The number of aryl methyl sites for hydroxylation is 1. The molecular weight excluding hydrogens is 278 g/mol. The fourth-order valence-corrected chi connectivity index (χ4v) is 2.85. The molecule has 2 atom stereocenters. The van der Waals surface area contributed by atoms with Crippen molar-refractivity contribution in [2.24, 2.45) is 0 Å². The summed E-state index contributed by atoms with van der Waals surface area (Å²) in [6, 6.07) is 6.89. The SMILES string of the molecule is Cc1ccc(Br)cc1NC1CC(C)OC(C)C1. The van der Waals surface area contributed by atoms with Crippen molar-refractivity contribution in [3.05, 3.63) is 28.2 Å². The van der Waals surface area contributed by atoms with Gasteiger partial charge >= 0.3 is 0 Å². The summed E-state index contributed by atoms with van der Waals surface area (Å²) in [4.78, 5) is 0. The highest BCUT2D eigenvalue weighted by Gasteiger charge is 2.24. The van der Waals surface area contributed by atoms with Gasteiger partial charge in [-0.15, -0.1) is 0 Å². The third-order valence-corrected chi connectivity index (χ3v) is 3.75. The van der Waals surface area contributed by atoms with Crippen LogP contribution in [0.1, 0.15) is 32.3 Å². The van der Waals surface area contributed by atoms with Crippen LogP contribution in [-0.2, 0) is 4.74 Å². The molecule has 2 unspecified atom stereocenters. The van der Waals surface area contributed by atoms with Crippen molar-refractivity contribution in [2.75, 3.05) is 5.32 Å². The van der Waals surface area contributed by atoms with E-state index in [0.29, 0.717) is 18.2 Å². The molecule has 94 valence electrons. The minimum atomic E-state index is 0.351. The Morgan fingerprint density at radius 2 is 1.88 bits per heavy atom. The van der Waals surface area contributed by atoms with Crippen molar-refractivity contribution in [3.8, 4) is 0 Å². The second-order valence-corrected chi connectivity index (χ2v) is 5.94. The molecule has 2 rings (SSSR count). The zero-order valence-electron chi connectivity index (χ0n) is 10.7. The molecule has 1 saturated heterocycles. The predicted molar refractivity (Wildman–Crippen MR) is 75.5 cm³/mol. The van der Waals surface area contributed by atoms with Gasteiger partial charge in [-0.25, -0.2) is 0 Å². The number of anilines is 1. The first kappa shape index (κ1) is 12.9. The summed E-state index contributed by atoms with van der Waals surface area (Å²) >= 11 is 3.52. The fourth-order valence-electron chi connectivity index (χ4n) is 2.49. The van der Waals surface area contributed by atoms with E-state index in [-0.39, 0.29) is 0 Å². The van der Waals surface area contributed by atoms with E-state index in [9.17, 15) is 0 Å². The Hall–Kier alpha value is -0.540. The Bertz CT molecular complexity index is 384. The summed E-state index contributed by atoms with van der Waals surface area (Å²) in [5.74, 6) is 0. The highest BCUT2D eigenvalue weighted by Crippen LogP contribution is 2.26. The Kier molecular flexibility index (Phi) is 4.10. The lowest BCUT2D eigenvalue weighted by Gasteiger charge is -2.33. The molecule has 1 aromatic rings. The fraction of sp³-hybridized carbons (Fsp3) is 0.571. The average Bonchev–Trinajstić information content (AvgIpc) is 2.22. The average molecular weight is 298 g/mol. The second-order valence-electron chi connectivity index (χ2n) is 5.03. The molecule has 3 heteroatoms. The molecule has 0 bridgehead atoms. The molecule has 1 aliphatic heterocycles. The first-order valence-corrected chi connectivity index (χ1v) is 7.02. The second kappa shape index (κ2) is 5.40. The van der Waals surface area contributed by atoms with Gasteiger partial charge in [-0.1, -0.05) is 22.0 Å². The molecule has 1 fully saturated rings. The normalized spacial score (nSPS) is 29.1. The Labute approximate surface area is 112 Å². The van der Waals surface area contributed by atoms with Gasteiger partial charge in [-0.2, -0.15) is 0 Å². The van der Waals surface area contributed by atoms with Crippen LogP contribution < -0.4 is 5.32 Å². The number of hydrogen-bond donors (Lipinski definition) is 1. The monoisotopic (exact) mass is 297 g/mol. The van der Waals surface area contributed by atoms with Crippen LogP contribution in [0.2, 0.25) is 0 Å². The number of hydrogen-bond acceptors (Lipinski definition) is 2. The molecule has 1 aromatic carbocycles. The van der Waals surface area contributed by atoms with Gasteiger partial charge in [0.2, 0.25) is 0 Å². The van der Waals surface area contributed by atoms with Crippen LogP contribution in [0.4, 0.5) is 5.69 Å². The molecule has 2 nitrogen and oxygen atoms in total. The standard InChI is InChI=1S/C14H20BrNO/c1-9-4-5-12(15)8-14(9)16-13-6-10(2)17-11(3)7-13/h4-5,8,10-11,13,16H,6-7H2,1-3H3. The molecule has 17 heavy (non-hydrogen) atoms. The largest absolute Gasteiger partial charge is 0.382 e. The number of ether oxygens (including phenoxy) is 1. The van der Waals surface area contributed by atoms with Crippen LogP contribution in [0.15, 0.2) is 22.7 Å². The van der Waals surface area contributed by atoms with Gasteiger partial charge in [0, 0.05) is 16.2 Å². The van der Waals surface area contributed by atoms with Crippen molar-refractivity contribution in [3.63, 3.8) is 0 Å². The van der Waals surface area contributed by atoms with E-state index in [1.807, 2.05) is 0 Å². The van der Waals surface area contributed by atoms with Crippen molar-refractivity contribution >= 4 is 21.6 Å². The van der Waals surface area contributed by atoms with Gasteiger partial charge in [0.25, 0.3) is 0 Å². The third-order valence-electron chi connectivity index (χ3n) is 3.26. The van der Waals surface area contributed by atoms with E-state index in [2.05, 4.69) is 60.2 Å². The first-order valence-electron chi connectivity index (χ1n) is 6.22. The molecule has 0 radical (unpaired) electrons. The van der Waals surface area contributed by atoms with E-state index < -0.39 is 0 Å². The molecule has 0 aliphatic carbocycles. The Morgan fingerprint density at radius 1 is 1.24 bits per heavy atom. The highest BCUT2D eigenvalue weighted by molar-refractivity contribution is 9.10. The van der Waals surface area contributed by atoms with E-state index in [1.165, 1.54) is 11.3 Å². The van der Waals surface area contributed by atoms with Crippen LogP contribution in [0.25, 0.3) is 0 Å². The summed E-state index contributed by atoms with van der Waals surface area (Å²) in [7, 11) is 0. The lowest BCUT2D eigenvalue weighted by Crippen LogP contribution is -2.37. The van der Waals surface area contributed by atoms with Crippen molar-refractivity contribution in [2.45, 2.75) is 51.9 Å². The summed E-state index contributed by atoms with van der Waals surface area (Å²) in [6.07, 6.45) is 2.86. The van der Waals surface area contributed by atoms with E-state index in [4.69, 9.17) is 4.74 Å². The maximum Gasteiger partial charge on any atom is 0.0570 e. The summed E-state index contributed by atoms with van der Waals surface area (Å²) < 4.78 is 6.88. The van der Waals surface area contributed by atoms with Crippen LogP contribution in [-0.4, -0.2) is 18.2 Å². The van der Waals surface area contributed by atoms with Gasteiger partial charge in [0.05, 0.1) is 12.2 Å². The van der Waals surface area contributed by atoms with Gasteiger partial charge < -0.3 is 10.1 Å². The molecule has 1 aliphatic rings. The van der Waals surface area contributed by atoms with Gasteiger partial charge in [-0.05, 0) is 51.3 Å². The molecule has 0 saturated carbocycles. The zero-order chi connectivity index (χ0) is 12.4. The van der Waals surface area contributed by atoms with Crippen LogP contribution >= 0.6 is 15.9 Å². The first-order chi connectivity index (χ1) is 8.04. The van der Waals surface area contributed by atoms with Crippen molar-refractivity contribution in [1.29, 1.82) is 0 Å². The molecule has 1 N–H and O–H groups in total. The predicted octanol–water partition coefficient (Wildman–Crippen LogP) is 4.13. The quantitative estimate of drug-likeness (QED) is 0.886. The maximum absolute atomic E-state index is 5.76. The third kappa shape index (κ3) is 3.46. The number of benzene rings is 1. The summed E-state index contributed by atoms with van der Waals surface area (Å²) in [5, 5.41) is 3.64. The number of halogens is 1. The van der Waals surface area contributed by atoms with E-state index >= 15 is 0 Å². The molecule has 1 heterocycles. The molecular formula is C14H20BrNO. The molecule has 0 amide bonds. The van der Waals surface area contributed by atoms with E-state index in [0.717, 1.165) is 17.3 Å². The summed E-state index contributed by atoms with van der Waals surface area (Å²) in [5.41, 5.74) is 2.52. The zero-order valence-corrected chi connectivity index (χ0v) is 12.3. The molecule has 0 aromatic heterocycles. The smallest absolute Gasteiger partial charge is 0.0570 e. The van der Waals surface area contributed by atoms with Crippen LogP contribution in [0.3, 0.4) is 0 Å². The Balaban J connectivity index is 2.07.